The van der Waals surface area contributed by atoms with Crippen LogP contribution in [-0.4, -0.2) is 18.5 Å². The van der Waals surface area contributed by atoms with Crippen molar-refractivity contribution in [1.82, 2.24) is 10.6 Å². The number of carbonyl (C=O) groups excluding carboxylic acids is 1. The predicted octanol–water partition coefficient (Wildman–Crippen LogP) is 1.93. The van der Waals surface area contributed by atoms with E-state index >= 15 is 0 Å². The number of amides is 1. The van der Waals surface area contributed by atoms with Crippen LogP contribution in [0.3, 0.4) is 0 Å². The summed E-state index contributed by atoms with van der Waals surface area (Å²) in [4.78, 5) is 11.7. The van der Waals surface area contributed by atoms with Gasteiger partial charge < -0.3 is 10.6 Å². The Morgan fingerprint density at radius 1 is 1.33 bits per heavy atom. The van der Waals surface area contributed by atoms with E-state index in [1.54, 1.807) is 0 Å². The largest absolute Gasteiger partial charge is 0.353 e. The Kier molecular flexibility index (Phi) is 3.33. The molecule has 0 aromatic heterocycles. The van der Waals surface area contributed by atoms with E-state index in [1.165, 1.54) is 24.0 Å². The van der Waals surface area contributed by atoms with Crippen molar-refractivity contribution >= 4 is 5.91 Å². The third-order valence-corrected chi connectivity index (χ3v) is 3.86. The molecule has 1 heterocycles. The number of benzene rings is 1. The number of hydrogen-bond acceptors (Lipinski definition) is 2. The zero-order valence-electron chi connectivity index (χ0n) is 10.6. The van der Waals surface area contributed by atoms with E-state index in [2.05, 4.69) is 34.9 Å². The van der Waals surface area contributed by atoms with E-state index in [9.17, 15) is 4.79 Å². The Morgan fingerprint density at radius 2 is 2.17 bits per heavy atom. The molecule has 2 aliphatic rings. The minimum absolute atomic E-state index is 0.223. The molecule has 1 unspecified atom stereocenters. The Labute approximate surface area is 108 Å². The van der Waals surface area contributed by atoms with Crippen molar-refractivity contribution in [1.29, 1.82) is 0 Å². The number of fused-ring (bicyclic) bond motifs is 1. The summed E-state index contributed by atoms with van der Waals surface area (Å²) in [6.07, 6.45) is 3.93. The quantitative estimate of drug-likeness (QED) is 0.849. The second-order valence-electron chi connectivity index (χ2n) is 5.41. The van der Waals surface area contributed by atoms with Gasteiger partial charge in [-0.05, 0) is 36.3 Å². The van der Waals surface area contributed by atoms with Crippen molar-refractivity contribution in [3.8, 4) is 0 Å². The highest BCUT2D eigenvalue weighted by molar-refractivity contribution is 5.76. The van der Waals surface area contributed by atoms with Crippen molar-refractivity contribution in [2.75, 3.05) is 6.54 Å². The van der Waals surface area contributed by atoms with Gasteiger partial charge in [-0.1, -0.05) is 24.3 Å². The lowest BCUT2D eigenvalue weighted by Gasteiger charge is -2.26. The average molecular weight is 244 g/mol. The van der Waals surface area contributed by atoms with Crippen LogP contribution in [0.4, 0.5) is 0 Å². The van der Waals surface area contributed by atoms with Gasteiger partial charge in [0.15, 0.2) is 0 Å². The molecule has 1 amide bonds. The normalized spacial score (nSPS) is 22.3. The summed E-state index contributed by atoms with van der Waals surface area (Å²) in [7, 11) is 0. The molecule has 1 atom stereocenters. The molecule has 18 heavy (non-hydrogen) atoms. The summed E-state index contributed by atoms with van der Waals surface area (Å²) in [6, 6.07) is 9.05. The van der Waals surface area contributed by atoms with Crippen LogP contribution in [0, 0.1) is 0 Å². The highest BCUT2D eigenvalue weighted by atomic mass is 16.1. The van der Waals surface area contributed by atoms with E-state index in [1.807, 2.05) is 0 Å². The molecule has 1 aromatic carbocycles. The number of hydrogen-bond donors (Lipinski definition) is 2. The first kappa shape index (κ1) is 11.7. The van der Waals surface area contributed by atoms with E-state index in [0.717, 1.165) is 19.5 Å². The fourth-order valence-electron chi connectivity index (χ4n) is 2.67. The maximum atomic E-state index is 11.7. The second-order valence-corrected chi connectivity index (χ2v) is 5.41. The molecule has 1 aromatic rings. The smallest absolute Gasteiger partial charge is 0.220 e. The maximum absolute atomic E-state index is 11.7. The lowest BCUT2D eigenvalue weighted by atomic mass is 9.87. The molecule has 3 heteroatoms. The zero-order valence-corrected chi connectivity index (χ0v) is 10.6. The minimum atomic E-state index is 0.223. The number of carbonyl (C=O) groups is 1. The van der Waals surface area contributed by atoms with Crippen molar-refractivity contribution in [3.05, 3.63) is 35.4 Å². The predicted molar refractivity (Wildman–Crippen MR) is 71.3 cm³/mol. The SMILES string of the molecule is O=C(CCC1CNCc2ccccc21)NC1CC1. The lowest BCUT2D eigenvalue weighted by Crippen LogP contribution is -2.30. The van der Waals surface area contributed by atoms with Crippen molar-refractivity contribution in [2.24, 2.45) is 0 Å². The average Bonchev–Trinajstić information content (AvgIpc) is 3.20. The Hall–Kier alpha value is -1.35. The third kappa shape index (κ3) is 2.72. The van der Waals surface area contributed by atoms with E-state index in [-0.39, 0.29) is 5.91 Å². The van der Waals surface area contributed by atoms with Crippen LogP contribution in [0.1, 0.15) is 42.7 Å². The Bertz CT molecular complexity index is 440. The molecule has 0 saturated heterocycles. The van der Waals surface area contributed by atoms with Crippen LogP contribution >= 0.6 is 0 Å². The monoisotopic (exact) mass is 244 g/mol. The molecule has 0 bridgehead atoms. The summed E-state index contributed by atoms with van der Waals surface area (Å²) >= 11 is 0. The summed E-state index contributed by atoms with van der Waals surface area (Å²) in [5, 5.41) is 6.49. The first-order chi connectivity index (χ1) is 8.83. The van der Waals surface area contributed by atoms with Crippen LogP contribution in [0.15, 0.2) is 24.3 Å². The number of nitrogens with one attached hydrogen (secondary N) is 2. The van der Waals surface area contributed by atoms with Gasteiger partial charge in [-0.15, -0.1) is 0 Å². The molecule has 0 spiro atoms. The first-order valence-corrected chi connectivity index (χ1v) is 6.91. The molecule has 2 N–H and O–H groups in total. The topological polar surface area (TPSA) is 41.1 Å². The minimum Gasteiger partial charge on any atom is -0.353 e. The summed E-state index contributed by atoms with van der Waals surface area (Å²) in [5.74, 6) is 0.709. The lowest BCUT2D eigenvalue weighted by molar-refractivity contribution is -0.121. The van der Waals surface area contributed by atoms with Gasteiger partial charge >= 0.3 is 0 Å². The standard InChI is InChI=1S/C15H20N2O/c18-15(17-13-6-7-13)8-5-12-10-16-9-11-3-1-2-4-14(11)12/h1-4,12-13,16H,5-10H2,(H,17,18). The highest BCUT2D eigenvalue weighted by Gasteiger charge is 2.24. The third-order valence-electron chi connectivity index (χ3n) is 3.86. The molecular weight excluding hydrogens is 224 g/mol. The van der Waals surface area contributed by atoms with E-state index in [4.69, 9.17) is 0 Å². The van der Waals surface area contributed by atoms with E-state index < -0.39 is 0 Å². The Morgan fingerprint density at radius 3 is 3.00 bits per heavy atom. The van der Waals surface area contributed by atoms with Gasteiger partial charge in [0.1, 0.15) is 0 Å². The van der Waals surface area contributed by atoms with Crippen LogP contribution in [-0.2, 0) is 11.3 Å². The molecule has 3 nitrogen and oxygen atoms in total. The summed E-state index contributed by atoms with van der Waals surface area (Å²) < 4.78 is 0. The molecule has 1 aliphatic carbocycles. The highest BCUT2D eigenvalue weighted by Crippen LogP contribution is 2.27. The molecular formula is C15H20N2O. The van der Waals surface area contributed by atoms with Gasteiger partial charge in [-0.2, -0.15) is 0 Å². The molecule has 1 saturated carbocycles. The fourth-order valence-corrected chi connectivity index (χ4v) is 2.67. The van der Waals surface area contributed by atoms with Crippen molar-refractivity contribution in [3.63, 3.8) is 0 Å². The molecule has 1 aliphatic heterocycles. The maximum Gasteiger partial charge on any atom is 0.220 e. The van der Waals surface area contributed by atoms with Crippen LogP contribution < -0.4 is 10.6 Å². The van der Waals surface area contributed by atoms with Crippen molar-refractivity contribution < 1.29 is 4.79 Å². The van der Waals surface area contributed by atoms with Gasteiger partial charge in [0.05, 0.1) is 0 Å². The molecule has 0 radical (unpaired) electrons. The van der Waals surface area contributed by atoms with E-state index in [0.29, 0.717) is 18.4 Å². The second kappa shape index (κ2) is 5.11. The summed E-state index contributed by atoms with van der Waals surface area (Å²) in [6.45, 7) is 1.95. The molecule has 96 valence electrons. The van der Waals surface area contributed by atoms with Gasteiger partial charge in [-0.25, -0.2) is 0 Å². The van der Waals surface area contributed by atoms with Crippen LogP contribution in [0.2, 0.25) is 0 Å². The summed E-state index contributed by atoms with van der Waals surface area (Å²) in [5.41, 5.74) is 2.81. The molecule has 1 fully saturated rings. The zero-order chi connectivity index (χ0) is 12.4. The Balaban J connectivity index is 1.58. The van der Waals surface area contributed by atoms with Crippen molar-refractivity contribution in [2.45, 2.75) is 44.2 Å². The van der Waals surface area contributed by atoms with Gasteiger partial charge in [0.25, 0.3) is 0 Å². The van der Waals surface area contributed by atoms with Crippen LogP contribution in [0.5, 0.6) is 0 Å². The van der Waals surface area contributed by atoms with Gasteiger partial charge in [0.2, 0.25) is 5.91 Å². The first-order valence-electron chi connectivity index (χ1n) is 6.91. The molecule has 3 rings (SSSR count). The van der Waals surface area contributed by atoms with Crippen LogP contribution in [0.25, 0.3) is 0 Å². The number of rotatable bonds is 4. The van der Waals surface area contributed by atoms with Gasteiger partial charge in [0, 0.05) is 25.6 Å². The fraction of sp³-hybridized carbons (Fsp3) is 0.533. The van der Waals surface area contributed by atoms with Gasteiger partial charge in [-0.3, -0.25) is 4.79 Å².